The molecule has 1 N–H and O–H groups in total. The van der Waals surface area contributed by atoms with Gasteiger partial charge in [-0.3, -0.25) is 4.79 Å². The van der Waals surface area contributed by atoms with Crippen molar-refractivity contribution in [1.82, 2.24) is 5.32 Å². The molecule has 1 aromatic carbocycles. The van der Waals surface area contributed by atoms with Gasteiger partial charge in [0.1, 0.15) is 0 Å². The van der Waals surface area contributed by atoms with Crippen molar-refractivity contribution in [3.8, 4) is 0 Å². The summed E-state index contributed by atoms with van der Waals surface area (Å²) in [5, 5.41) is 2.44. The van der Waals surface area contributed by atoms with Crippen molar-refractivity contribution in [3.63, 3.8) is 0 Å². The zero-order chi connectivity index (χ0) is 18.9. The van der Waals surface area contributed by atoms with E-state index in [1.54, 1.807) is 19.9 Å². The van der Waals surface area contributed by atoms with Crippen LogP contribution in [0, 0.1) is 0 Å². The molecule has 1 rings (SSSR count). The minimum absolute atomic E-state index is 0.0645. The molecule has 6 heteroatoms. The summed E-state index contributed by atoms with van der Waals surface area (Å²) in [6, 6.07) is 9.52. The van der Waals surface area contributed by atoms with Crippen LogP contribution in [0.2, 0.25) is 0 Å². The fourth-order valence-electron chi connectivity index (χ4n) is 2.34. The number of rotatable bonds is 8. The molecule has 0 heterocycles. The molecular formula is C19H25NO5. The minimum Gasteiger partial charge on any atom is -0.464 e. The van der Waals surface area contributed by atoms with Gasteiger partial charge in [-0.25, -0.2) is 9.59 Å². The van der Waals surface area contributed by atoms with Crippen molar-refractivity contribution in [2.24, 2.45) is 0 Å². The predicted molar refractivity (Wildman–Crippen MR) is 94.5 cm³/mol. The Morgan fingerprint density at radius 3 is 1.96 bits per heavy atom. The Bertz CT molecular complexity index is 618. The van der Waals surface area contributed by atoms with E-state index in [0.29, 0.717) is 0 Å². The second kappa shape index (κ2) is 9.61. The van der Waals surface area contributed by atoms with E-state index in [1.807, 2.05) is 37.3 Å². The number of carbonyl (C=O) groups is 3. The molecule has 0 fully saturated rings. The van der Waals surface area contributed by atoms with E-state index in [9.17, 15) is 14.4 Å². The first-order chi connectivity index (χ1) is 11.9. The van der Waals surface area contributed by atoms with Crippen molar-refractivity contribution in [2.45, 2.75) is 39.7 Å². The molecule has 0 spiro atoms. The van der Waals surface area contributed by atoms with Crippen LogP contribution in [0.5, 0.6) is 0 Å². The number of esters is 2. The van der Waals surface area contributed by atoms with E-state index >= 15 is 0 Å². The summed E-state index contributed by atoms with van der Waals surface area (Å²) in [5.41, 5.74) is -0.0793. The van der Waals surface area contributed by atoms with Crippen molar-refractivity contribution >= 4 is 23.4 Å². The number of ether oxygens (including phenoxy) is 2. The molecule has 0 bridgehead atoms. The van der Waals surface area contributed by atoms with Gasteiger partial charge in [0.2, 0.25) is 11.4 Å². The topological polar surface area (TPSA) is 81.7 Å². The lowest BCUT2D eigenvalue weighted by Crippen LogP contribution is -2.60. The number of carbonyl (C=O) groups excluding carboxylic acids is 3. The van der Waals surface area contributed by atoms with Crippen LogP contribution in [-0.2, 0) is 23.9 Å². The summed E-state index contributed by atoms with van der Waals surface area (Å²) >= 11 is 0. The molecule has 0 radical (unpaired) electrons. The van der Waals surface area contributed by atoms with Gasteiger partial charge in [0.15, 0.2) is 0 Å². The lowest BCUT2D eigenvalue weighted by molar-refractivity contribution is -0.167. The Kier molecular flexibility index (Phi) is 7.85. The van der Waals surface area contributed by atoms with Crippen molar-refractivity contribution in [1.29, 1.82) is 0 Å². The van der Waals surface area contributed by atoms with Crippen molar-refractivity contribution in [3.05, 3.63) is 42.0 Å². The van der Waals surface area contributed by atoms with Gasteiger partial charge in [-0.2, -0.15) is 0 Å². The smallest absolute Gasteiger partial charge is 0.344 e. The molecule has 25 heavy (non-hydrogen) atoms. The summed E-state index contributed by atoms with van der Waals surface area (Å²) < 4.78 is 10.1. The molecule has 0 atom stereocenters. The summed E-state index contributed by atoms with van der Waals surface area (Å²) in [6.45, 7) is 6.53. The van der Waals surface area contributed by atoms with Crippen LogP contribution in [0.25, 0.3) is 5.57 Å². The van der Waals surface area contributed by atoms with Gasteiger partial charge in [0.05, 0.1) is 13.2 Å². The normalized spacial score (nSPS) is 11.6. The Morgan fingerprint density at radius 2 is 1.52 bits per heavy atom. The van der Waals surface area contributed by atoms with Gasteiger partial charge in [-0.15, -0.1) is 0 Å². The molecule has 0 aliphatic heterocycles. The van der Waals surface area contributed by atoms with Crippen LogP contribution >= 0.6 is 0 Å². The van der Waals surface area contributed by atoms with Gasteiger partial charge >= 0.3 is 11.9 Å². The Hall–Kier alpha value is -2.63. The van der Waals surface area contributed by atoms with E-state index < -0.39 is 23.4 Å². The van der Waals surface area contributed by atoms with Gasteiger partial charge in [-0.05, 0) is 31.9 Å². The zero-order valence-corrected chi connectivity index (χ0v) is 15.1. The minimum atomic E-state index is -1.89. The molecule has 136 valence electrons. The fraction of sp³-hybridized carbons (Fsp3) is 0.421. The lowest BCUT2D eigenvalue weighted by atomic mass is 9.92. The van der Waals surface area contributed by atoms with Crippen LogP contribution in [-0.4, -0.2) is 36.6 Å². The first kappa shape index (κ1) is 20.4. The van der Waals surface area contributed by atoms with Gasteiger partial charge in [-0.1, -0.05) is 36.4 Å². The van der Waals surface area contributed by atoms with E-state index in [0.717, 1.165) is 11.1 Å². The maximum Gasteiger partial charge on any atom is 0.344 e. The van der Waals surface area contributed by atoms with Crippen LogP contribution in [0.15, 0.2) is 36.4 Å². The molecule has 1 aromatic rings. The summed E-state index contributed by atoms with van der Waals surface area (Å²) in [7, 11) is 0. The quantitative estimate of drug-likeness (QED) is 0.577. The molecule has 0 saturated heterocycles. The number of hydrogen-bond acceptors (Lipinski definition) is 5. The first-order valence-corrected chi connectivity index (χ1v) is 8.22. The van der Waals surface area contributed by atoms with E-state index in [4.69, 9.17) is 9.47 Å². The average molecular weight is 347 g/mol. The van der Waals surface area contributed by atoms with Gasteiger partial charge in [0.25, 0.3) is 0 Å². The average Bonchev–Trinajstić information content (AvgIpc) is 2.59. The highest BCUT2D eigenvalue weighted by Gasteiger charge is 2.49. The summed E-state index contributed by atoms with van der Waals surface area (Å²) in [4.78, 5) is 36.6. The molecular weight excluding hydrogens is 322 g/mol. The highest BCUT2D eigenvalue weighted by molar-refractivity contribution is 6.08. The highest BCUT2D eigenvalue weighted by Crippen LogP contribution is 2.21. The third-order valence-electron chi connectivity index (χ3n) is 3.58. The lowest BCUT2D eigenvalue weighted by Gasteiger charge is -2.28. The molecule has 0 saturated carbocycles. The molecule has 0 aliphatic rings. The Morgan fingerprint density at radius 1 is 1.00 bits per heavy atom. The molecule has 0 unspecified atom stereocenters. The molecule has 0 aromatic heterocycles. The van der Waals surface area contributed by atoms with E-state index in [2.05, 4.69) is 5.32 Å². The SMILES string of the molecule is CCOC(=O)C(C/C=C(\C)c1ccccc1)(NC(C)=O)C(=O)OCC. The largest absolute Gasteiger partial charge is 0.464 e. The maximum absolute atomic E-state index is 12.5. The predicted octanol–water partition coefficient (Wildman–Crippen LogP) is 2.48. The van der Waals surface area contributed by atoms with Crippen LogP contribution in [0.3, 0.4) is 0 Å². The summed E-state index contributed by atoms with van der Waals surface area (Å²) in [6.07, 6.45) is 1.66. The molecule has 1 amide bonds. The summed E-state index contributed by atoms with van der Waals surface area (Å²) in [5.74, 6) is -2.19. The third-order valence-corrected chi connectivity index (χ3v) is 3.58. The standard InChI is InChI=1S/C19H25NO5/c1-5-24-17(22)19(20-15(4)21,18(23)25-6-2)13-12-14(3)16-10-8-7-9-11-16/h7-12H,5-6,13H2,1-4H3,(H,20,21)/b14-12+. The van der Waals surface area contributed by atoms with Gasteiger partial charge in [0, 0.05) is 13.3 Å². The number of amides is 1. The van der Waals surface area contributed by atoms with Gasteiger partial charge < -0.3 is 14.8 Å². The number of hydrogen-bond donors (Lipinski definition) is 1. The number of allylic oxidation sites excluding steroid dienone is 1. The second-order valence-corrected chi connectivity index (χ2v) is 5.48. The zero-order valence-electron chi connectivity index (χ0n) is 15.1. The van der Waals surface area contributed by atoms with E-state index in [-0.39, 0.29) is 19.6 Å². The third kappa shape index (κ3) is 5.45. The van der Waals surface area contributed by atoms with Crippen LogP contribution < -0.4 is 5.32 Å². The highest BCUT2D eigenvalue weighted by atomic mass is 16.6. The van der Waals surface area contributed by atoms with Crippen LogP contribution in [0.1, 0.15) is 39.7 Å². The Balaban J connectivity index is 3.25. The van der Waals surface area contributed by atoms with Crippen molar-refractivity contribution < 1.29 is 23.9 Å². The van der Waals surface area contributed by atoms with E-state index in [1.165, 1.54) is 6.92 Å². The molecule has 0 aliphatic carbocycles. The van der Waals surface area contributed by atoms with Crippen LogP contribution in [0.4, 0.5) is 0 Å². The first-order valence-electron chi connectivity index (χ1n) is 8.22. The Labute approximate surface area is 148 Å². The van der Waals surface area contributed by atoms with Crippen molar-refractivity contribution in [2.75, 3.05) is 13.2 Å². The number of nitrogens with one attached hydrogen (secondary N) is 1. The fourth-order valence-corrected chi connectivity index (χ4v) is 2.34. The maximum atomic E-state index is 12.5. The molecule has 6 nitrogen and oxygen atoms in total. The second-order valence-electron chi connectivity index (χ2n) is 5.48. The number of benzene rings is 1. The monoisotopic (exact) mass is 347 g/mol.